The highest BCUT2D eigenvalue weighted by Gasteiger charge is 2.28. The summed E-state index contributed by atoms with van der Waals surface area (Å²) in [5.41, 5.74) is 4.18. The molecule has 0 bridgehead atoms. The highest BCUT2D eigenvalue weighted by molar-refractivity contribution is 5.96. The maximum atomic E-state index is 14.3. The zero-order chi connectivity index (χ0) is 30.9. The van der Waals surface area contributed by atoms with Crippen molar-refractivity contribution in [3.05, 3.63) is 71.9 Å². The van der Waals surface area contributed by atoms with Crippen LogP contribution in [0, 0.1) is 18.7 Å². The van der Waals surface area contributed by atoms with Crippen LogP contribution in [0.2, 0.25) is 0 Å². The summed E-state index contributed by atoms with van der Waals surface area (Å²) in [5.74, 6) is 0.262. The average molecular weight is 591 g/mol. The number of hydrogen-bond donors (Lipinski definition) is 2. The Kier molecular flexibility index (Phi) is 10.3. The van der Waals surface area contributed by atoms with E-state index in [-0.39, 0.29) is 23.5 Å². The first-order valence-corrected chi connectivity index (χ1v) is 13.9. The molecule has 1 aliphatic rings. The molecule has 0 radical (unpaired) electrons. The average Bonchev–Trinajstić information content (AvgIpc) is 3.46. The van der Waals surface area contributed by atoms with Gasteiger partial charge < -0.3 is 25.0 Å². The number of benzene rings is 2. The van der Waals surface area contributed by atoms with Crippen molar-refractivity contribution >= 4 is 35.4 Å². The SMILES string of the molecule is CCNC(=O)C1CCN(C(=O)c2ccc(Nc3nccn4c(-c5ccc(OC)c(F)c5)cnc34)cc2C)CC1.COC=O. The quantitative estimate of drug-likeness (QED) is 0.290. The number of carbonyl (C=O) groups is 3. The Hall–Kier alpha value is -5.00. The number of imidazole rings is 1. The molecule has 0 saturated carbocycles. The summed E-state index contributed by atoms with van der Waals surface area (Å²) >= 11 is 0. The molecule has 226 valence electrons. The summed E-state index contributed by atoms with van der Waals surface area (Å²) < 4.78 is 25.0. The molecule has 43 heavy (non-hydrogen) atoms. The summed E-state index contributed by atoms with van der Waals surface area (Å²) in [6, 6.07) is 10.3. The van der Waals surface area contributed by atoms with Gasteiger partial charge >= 0.3 is 0 Å². The van der Waals surface area contributed by atoms with Gasteiger partial charge in [0.2, 0.25) is 5.91 Å². The van der Waals surface area contributed by atoms with Gasteiger partial charge in [-0.1, -0.05) is 0 Å². The molecule has 0 atom stereocenters. The van der Waals surface area contributed by atoms with Crippen LogP contribution in [-0.4, -0.2) is 71.4 Å². The predicted octanol–water partition coefficient (Wildman–Crippen LogP) is 4.37. The normalized spacial score (nSPS) is 13.1. The van der Waals surface area contributed by atoms with Crippen molar-refractivity contribution in [3.63, 3.8) is 0 Å². The van der Waals surface area contributed by atoms with Crippen molar-refractivity contribution in [2.24, 2.45) is 5.92 Å². The highest BCUT2D eigenvalue weighted by Crippen LogP contribution is 2.29. The number of rotatable bonds is 8. The third kappa shape index (κ3) is 7.08. The number of carbonyl (C=O) groups excluding carboxylic acids is 3. The lowest BCUT2D eigenvalue weighted by Crippen LogP contribution is -2.43. The van der Waals surface area contributed by atoms with Crippen LogP contribution in [0.1, 0.15) is 35.7 Å². The second kappa shape index (κ2) is 14.3. The first kappa shape index (κ1) is 30.9. The van der Waals surface area contributed by atoms with E-state index in [4.69, 9.17) is 9.53 Å². The smallest absolute Gasteiger partial charge is 0.292 e. The van der Waals surface area contributed by atoms with E-state index in [9.17, 15) is 14.0 Å². The number of aryl methyl sites for hydroxylation is 1. The second-order valence-electron chi connectivity index (χ2n) is 9.91. The zero-order valence-electron chi connectivity index (χ0n) is 24.6. The van der Waals surface area contributed by atoms with Gasteiger partial charge in [0.25, 0.3) is 12.4 Å². The number of amides is 2. The van der Waals surface area contributed by atoms with Crippen LogP contribution < -0.4 is 15.4 Å². The van der Waals surface area contributed by atoms with E-state index in [1.54, 1.807) is 30.7 Å². The van der Waals surface area contributed by atoms with Gasteiger partial charge in [-0.25, -0.2) is 14.4 Å². The molecule has 0 unspecified atom stereocenters. The lowest BCUT2D eigenvalue weighted by Gasteiger charge is -2.31. The Morgan fingerprint density at radius 2 is 1.86 bits per heavy atom. The Bertz CT molecular complexity index is 1600. The molecular weight excluding hydrogens is 555 g/mol. The molecule has 11 nitrogen and oxygen atoms in total. The Labute approximate surface area is 249 Å². The molecule has 2 aromatic carbocycles. The fourth-order valence-electron chi connectivity index (χ4n) is 5.00. The molecule has 1 saturated heterocycles. The van der Waals surface area contributed by atoms with Crippen LogP contribution in [0.25, 0.3) is 16.9 Å². The number of anilines is 2. The van der Waals surface area contributed by atoms with Crippen molar-refractivity contribution in [1.82, 2.24) is 24.6 Å². The summed E-state index contributed by atoms with van der Waals surface area (Å²) in [5, 5.41) is 6.17. The summed E-state index contributed by atoms with van der Waals surface area (Å²) in [6.45, 7) is 5.93. The molecule has 1 fully saturated rings. The van der Waals surface area contributed by atoms with Crippen LogP contribution in [0.5, 0.6) is 5.75 Å². The van der Waals surface area contributed by atoms with Crippen molar-refractivity contribution in [2.45, 2.75) is 26.7 Å². The van der Waals surface area contributed by atoms with Crippen molar-refractivity contribution in [2.75, 3.05) is 39.2 Å². The van der Waals surface area contributed by atoms with Crippen LogP contribution in [0.3, 0.4) is 0 Å². The fourth-order valence-corrected chi connectivity index (χ4v) is 5.00. The van der Waals surface area contributed by atoms with Gasteiger partial charge in [-0.2, -0.15) is 0 Å². The molecule has 12 heteroatoms. The van der Waals surface area contributed by atoms with Gasteiger partial charge in [0.1, 0.15) is 0 Å². The summed E-state index contributed by atoms with van der Waals surface area (Å²) in [7, 11) is 2.74. The van der Waals surface area contributed by atoms with E-state index in [0.717, 1.165) is 11.3 Å². The topological polar surface area (TPSA) is 127 Å². The number of likely N-dealkylation sites (tertiary alicyclic amines) is 1. The van der Waals surface area contributed by atoms with Gasteiger partial charge in [-0.05, 0) is 68.7 Å². The van der Waals surface area contributed by atoms with E-state index >= 15 is 0 Å². The molecule has 1 aliphatic heterocycles. The van der Waals surface area contributed by atoms with E-state index in [0.29, 0.717) is 67.2 Å². The Balaban J connectivity index is 0.000000996. The zero-order valence-corrected chi connectivity index (χ0v) is 24.6. The maximum Gasteiger partial charge on any atom is 0.292 e. The van der Waals surface area contributed by atoms with E-state index in [1.165, 1.54) is 20.3 Å². The van der Waals surface area contributed by atoms with Crippen LogP contribution in [0.4, 0.5) is 15.9 Å². The molecule has 2 aromatic heterocycles. The van der Waals surface area contributed by atoms with Gasteiger partial charge in [0.05, 0.1) is 26.1 Å². The number of ether oxygens (including phenoxy) is 2. The summed E-state index contributed by atoms with van der Waals surface area (Å²) in [4.78, 5) is 45.1. The van der Waals surface area contributed by atoms with Crippen molar-refractivity contribution < 1.29 is 28.2 Å². The molecule has 0 aliphatic carbocycles. The van der Waals surface area contributed by atoms with Crippen LogP contribution in [-0.2, 0) is 14.3 Å². The predicted molar refractivity (Wildman–Crippen MR) is 160 cm³/mol. The Morgan fingerprint density at radius 3 is 2.49 bits per heavy atom. The largest absolute Gasteiger partial charge is 0.494 e. The molecule has 2 amide bonds. The highest BCUT2D eigenvalue weighted by atomic mass is 19.1. The monoisotopic (exact) mass is 590 g/mol. The van der Waals surface area contributed by atoms with Crippen LogP contribution in [0.15, 0.2) is 55.0 Å². The minimum absolute atomic E-state index is 0.0294. The number of aromatic nitrogens is 3. The third-order valence-corrected chi connectivity index (χ3v) is 7.20. The fraction of sp³-hybridized carbons (Fsp3) is 0.323. The minimum atomic E-state index is -0.450. The van der Waals surface area contributed by atoms with E-state index in [1.807, 2.05) is 41.3 Å². The number of piperidine rings is 1. The molecule has 0 spiro atoms. The van der Waals surface area contributed by atoms with E-state index in [2.05, 4.69) is 25.3 Å². The third-order valence-electron chi connectivity index (χ3n) is 7.20. The van der Waals surface area contributed by atoms with Crippen molar-refractivity contribution in [1.29, 1.82) is 0 Å². The summed E-state index contributed by atoms with van der Waals surface area (Å²) in [6.07, 6.45) is 6.43. The molecule has 3 heterocycles. The molecule has 4 aromatic rings. The van der Waals surface area contributed by atoms with Gasteiger partial charge in [-0.3, -0.25) is 18.8 Å². The molecule has 2 N–H and O–H groups in total. The first-order chi connectivity index (χ1) is 20.8. The second-order valence-corrected chi connectivity index (χ2v) is 9.91. The van der Waals surface area contributed by atoms with Gasteiger partial charge in [-0.15, -0.1) is 0 Å². The lowest BCUT2D eigenvalue weighted by atomic mass is 9.95. The minimum Gasteiger partial charge on any atom is -0.494 e. The number of hydrogen-bond acceptors (Lipinski definition) is 8. The molecular formula is C31H35FN6O5. The number of nitrogens with zero attached hydrogens (tertiary/aromatic N) is 4. The lowest BCUT2D eigenvalue weighted by molar-refractivity contribution is -0.126. The van der Waals surface area contributed by atoms with Crippen molar-refractivity contribution in [3.8, 4) is 17.0 Å². The Morgan fingerprint density at radius 1 is 1.12 bits per heavy atom. The maximum absolute atomic E-state index is 14.3. The first-order valence-electron chi connectivity index (χ1n) is 13.9. The number of methoxy groups -OCH3 is 2. The number of nitrogens with one attached hydrogen (secondary N) is 2. The standard InChI is InChI=1S/C29H31FN6O3.C2H4O2/c1-4-31-28(37)19-9-12-35(13-10-19)29(38)22-7-6-21(15-18(22)2)34-26-27-33-17-24(36(27)14-11-32-26)20-5-8-25(39-3)23(30)16-20;1-4-2-3/h5-8,11,14-17,19H,4,9-10,12-13H2,1-3H3,(H,31,37)(H,32,34);2H,1H3. The van der Waals surface area contributed by atoms with Gasteiger partial charge in [0, 0.05) is 54.8 Å². The molecule has 5 rings (SSSR count). The van der Waals surface area contributed by atoms with Crippen LogP contribution >= 0.6 is 0 Å². The van der Waals surface area contributed by atoms with Gasteiger partial charge in [0.15, 0.2) is 23.0 Å². The number of fused-ring (bicyclic) bond motifs is 1. The van der Waals surface area contributed by atoms with E-state index < -0.39 is 5.82 Å². The number of halogens is 1.